The predicted octanol–water partition coefficient (Wildman–Crippen LogP) is 1.91. The van der Waals surface area contributed by atoms with Gasteiger partial charge in [-0.25, -0.2) is 8.78 Å². The number of carbonyl (C=O) groups is 2. The summed E-state index contributed by atoms with van der Waals surface area (Å²) in [6, 6.07) is 2.17. The summed E-state index contributed by atoms with van der Waals surface area (Å²) in [4.78, 5) is 24.7. The monoisotopic (exact) mass is 268 g/mol. The van der Waals surface area contributed by atoms with Gasteiger partial charge in [-0.05, 0) is 18.6 Å². The van der Waals surface area contributed by atoms with Crippen LogP contribution < -0.4 is 5.32 Å². The average Bonchev–Trinajstić information content (AvgIpc) is 2.56. The molecule has 0 saturated carbocycles. The quantitative estimate of drug-likeness (QED) is 0.849. The molecule has 1 aliphatic heterocycles. The highest BCUT2D eigenvalue weighted by molar-refractivity contribution is 6.06. The van der Waals surface area contributed by atoms with Gasteiger partial charge in [0.25, 0.3) is 5.91 Å². The molecule has 1 aromatic carbocycles. The van der Waals surface area contributed by atoms with Gasteiger partial charge in [-0.1, -0.05) is 6.92 Å². The van der Waals surface area contributed by atoms with Gasteiger partial charge in [0.2, 0.25) is 5.91 Å². The Kier molecular flexibility index (Phi) is 3.78. The lowest BCUT2D eigenvalue weighted by molar-refractivity contribution is -0.138. The third-order valence-electron chi connectivity index (χ3n) is 2.89. The molecule has 19 heavy (non-hydrogen) atoms. The molecule has 1 atom stereocenters. The van der Waals surface area contributed by atoms with Crippen molar-refractivity contribution in [2.24, 2.45) is 0 Å². The Morgan fingerprint density at radius 1 is 1.26 bits per heavy atom. The second-order valence-electron chi connectivity index (χ2n) is 4.44. The van der Waals surface area contributed by atoms with E-state index < -0.39 is 17.7 Å². The van der Waals surface area contributed by atoms with Crippen LogP contribution in [0.5, 0.6) is 0 Å². The zero-order chi connectivity index (χ0) is 14.0. The number of nitrogens with zero attached hydrogens (tertiary/aromatic N) is 1. The van der Waals surface area contributed by atoms with Gasteiger partial charge in [-0.2, -0.15) is 0 Å². The van der Waals surface area contributed by atoms with Crippen LogP contribution in [0.1, 0.15) is 19.8 Å². The molecule has 1 fully saturated rings. The lowest BCUT2D eigenvalue weighted by atomic mass is 10.2. The Hall–Kier alpha value is -1.98. The van der Waals surface area contributed by atoms with Gasteiger partial charge in [0.15, 0.2) is 0 Å². The molecule has 1 N–H and O–H groups in total. The fourth-order valence-corrected chi connectivity index (χ4v) is 2.09. The molecule has 0 aliphatic carbocycles. The topological polar surface area (TPSA) is 49.4 Å². The van der Waals surface area contributed by atoms with Gasteiger partial charge in [0.1, 0.15) is 17.7 Å². The second-order valence-corrected chi connectivity index (χ2v) is 4.44. The first-order chi connectivity index (χ1) is 9.01. The minimum atomic E-state index is -0.750. The highest BCUT2D eigenvalue weighted by Gasteiger charge is 2.37. The molecule has 4 nitrogen and oxygen atoms in total. The normalized spacial score (nSPS) is 19.1. The standard InChI is InChI=1S/C13H14F2N2O2/c1-2-3-17-12(18)7-11(13(17)19)16-10-5-8(14)4-9(15)6-10/h4-6,11,16H,2-3,7H2,1H3. The number of imide groups is 1. The van der Waals surface area contributed by atoms with E-state index in [-0.39, 0.29) is 23.9 Å². The van der Waals surface area contributed by atoms with E-state index in [4.69, 9.17) is 0 Å². The maximum Gasteiger partial charge on any atom is 0.252 e. The van der Waals surface area contributed by atoms with E-state index in [1.165, 1.54) is 4.90 Å². The van der Waals surface area contributed by atoms with Gasteiger partial charge in [0.05, 0.1) is 6.42 Å². The molecule has 1 unspecified atom stereocenters. The molecular weight excluding hydrogens is 254 g/mol. The summed E-state index contributed by atoms with van der Waals surface area (Å²) in [5.41, 5.74) is 0.155. The Morgan fingerprint density at radius 3 is 2.47 bits per heavy atom. The summed E-state index contributed by atoms with van der Waals surface area (Å²) >= 11 is 0. The number of nitrogens with one attached hydrogen (secondary N) is 1. The van der Waals surface area contributed by atoms with Crippen molar-refractivity contribution in [2.45, 2.75) is 25.8 Å². The van der Waals surface area contributed by atoms with E-state index in [2.05, 4.69) is 5.32 Å². The Morgan fingerprint density at radius 2 is 1.89 bits per heavy atom. The van der Waals surface area contributed by atoms with Crippen molar-refractivity contribution in [3.8, 4) is 0 Å². The number of hydrogen-bond donors (Lipinski definition) is 1. The van der Waals surface area contributed by atoms with Crippen molar-refractivity contribution in [1.82, 2.24) is 4.90 Å². The Labute approximate surface area is 109 Å². The predicted molar refractivity (Wildman–Crippen MR) is 65.4 cm³/mol. The minimum Gasteiger partial charge on any atom is -0.373 e. The zero-order valence-electron chi connectivity index (χ0n) is 10.5. The van der Waals surface area contributed by atoms with Crippen LogP contribution in [0.3, 0.4) is 0 Å². The molecule has 2 amide bonds. The van der Waals surface area contributed by atoms with E-state index in [1.807, 2.05) is 6.92 Å². The molecule has 2 rings (SSSR count). The fraction of sp³-hybridized carbons (Fsp3) is 0.385. The number of rotatable bonds is 4. The lowest BCUT2D eigenvalue weighted by Crippen LogP contribution is -2.35. The number of amides is 2. The number of carbonyl (C=O) groups excluding carboxylic acids is 2. The van der Waals surface area contributed by atoms with Crippen molar-refractivity contribution < 1.29 is 18.4 Å². The SMILES string of the molecule is CCCN1C(=O)CC(Nc2cc(F)cc(F)c2)C1=O. The number of anilines is 1. The average molecular weight is 268 g/mol. The van der Waals surface area contributed by atoms with Gasteiger partial charge in [0, 0.05) is 18.3 Å². The van der Waals surface area contributed by atoms with Gasteiger partial charge in [-0.3, -0.25) is 14.5 Å². The van der Waals surface area contributed by atoms with Gasteiger partial charge < -0.3 is 5.32 Å². The van der Waals surface area contributed by atoms with E-state index in [0.29, 0.717) is 13.0 Å². The molecule has 1 aromatic rings. The van der Waals surface area contributed by atoms with Crippen molar-refractivity contribution in [2.75, 3.05) is 11.9 Å². The molecule has 0 bridgehead atoms. The first kappa shape index (κ1) is 13.5. The van der Waals surface area contributed by atoms with Crippen LogP contribution in [0.4, 0.5) is 14.5 Å². The number of halogens is 2. The summed E-state index contributed by atoms with van der Waals surface area (Å²) in [7, 11) is 0. The Bertz CT molecular complexity index is 499. The first-order valence-electron chi connectivity index (χ1n) is 6.08. The minimum absolute atomic E-state index is 0.0109. The van der Waals surface area contributed by atoms with Gasteiger partial charge >= 0.3 is 0 Å². The summed E-state index contributed by atoms with van der Waals surface area (Å²) in [6.07, 6.45) is 0.690. The van der Waals surface area contributed by atoms with E-state index in [1.54, 1.807) is 0 Å². The number of benzene rings is 1. The molecule has 0 radical (unpaired) electrons. The van der Waals surface area contributed by atoms with Gasteiger partial charge in [-0.15, -0.1) is 0 Å². The summed E-state index contributed by atoms with van der Waals surface area (Å²) < 4.78 is 26.1. The second kappa shape index (κ2) is 5.34. The molecule has 1 saturated heterocycles. The third-order valence-corrected chi connectivity index (χ3v) is 2.89. The van der Waals surface area contributed by atoms with E-state index in [9.17, 15) is 18.4 Å². The first-order valence-corrected chi connectivity index (χ1v) is 6.08. The molecule has 102 valence electrons. The summed E-state index contributed by atoms with van der Waals surface area (Å²) in [6.45, 7) is 2.23. The summed E-state index contributed by atoms with van der Waals surface area (Å²) in [5, 5.41) is 2.70. The van der Waals surface area contributed by atoms with Crippen molar-refractivity contribution in [3.05, 3.63) is 29.8 Å². The highest BCUT2D eigenvalue weighted by Crippen LogP contribution is 2.20. The smallest absolute Gasteiger partial charge is 0.252 e. The maximum atomic E-state index is 13.0. The third kappa shape index (κ3) is 2.89. The molecule has 0 spiro atoms. The number of likely N-dealkylation sites (tertiary alicyclic amines) is 1. The van der Waals surface area contributed by atoms with Crippen LogP contribution >= 0.6 is 0 Å². The van der Waals surface area contributed by atoms with E-state index in [0.717, 1.165) is 18.2 Å². The lowest BCUT2D eigenvalue weighted by Gasteiger charge is -2.15. The Balaban J connectivity index is 2.12. The fourth-order valence-electron chi connectivity index (χ4n) is 2.09. The van der Waals surface area contributed by atoms with Crippen molar-refractivity contribution >= 4 is 17.5 Å². The number of hydrogen-bond acceptors (Lipinski definition) is 3. The molecule has 1 aliphatic rings. The molecule has 6 heteroatoms. The highest BCUT2D eigenvalue weighted by atomic mass is 19.1. The van der Waals surface area contributed by atoms with Crippen molar-refractivity contribution in [1.29, 1.82) is 0 Å². The zero-order valence-corrected chi connectivity index (χ0v) is 10.5. The van der Waals surface area contributed by atoms with Crippen LogP contribution in [0.15, 0.2) is 18.2 Å². The maximum absolute atomic E-state index is 13.0. The summed E-state index contributed by atoms with van der Waals surface area (Å²) in [5.74, 6) is -2.08. The molecular formula is C13H14F2N2O2. The van der Waals surface area contributed by atoms with Crippen LogP contribution in [0.2, 0.25) is 0 Å². The van der Waals surface area contributed by atoms with E-state index >= 15 is 0 Å². The molecule has 1 heterocycles. The largest absolute Gasteiger partial charge is 0.373 e. The van der Waals surface area contributed by atoms with Crippen LogP contribution in [-0.4, -0.2) is 29.3 Å². The van der Waals surface area contributed by atoms with Crippen molar-refractivity contribution in [3.63, 3.8) is 0 Å². The van der Waals surface area contributed by atoms with Crippen LogP contribution in [0.25, 0.3) is 0 Å². The van der Waals surface area contributed by atoms with Crippen LogP contribution in [0, 0.1) is 11.6 Å². The van der Waals surface area contributed by atoms with Crippen LogP contribution in [-0.2, 0) is 9.59 Å². The molecule has 0 aromatic heterocycles.